The first-order valence-corrected chi connectivity index (χ1v) is 6.24. The number of hydrogen-bond donors (Lipinski definition) is 3. The van der Waals surface area contributed by atoms with Gasteiger partial charge in [0.1, 0.15) is 6.54 Å². The molecule has 112 valence electrons. The summed E-state index contributed by atoms with van der Waals surface area (Å²) in [5, 5.41) is 7.93. The van der Waals surface area contributed by atoms with Crippen LogP contribution in [0.25, 0.3) is 0 Å². The van der Waals surface area contributed by atoms with Crippen LogP contribution >= 0.6 is 0 Å². The molecular weight excluding hydrogens is 261 g/mol. The van der Waals surface area contributed by atoms with E-state index in [1.165, 1.54) is 0 Å². The Morgan fingerprint density at radius 1 is 1.11 bits per heavy atom. The normalized spacial score (nSPS) is 12.2. The predicted molar refractivity (Wildman–Crippen MR) is 68.0 cm³/mol. The lowest BCUT2D eigenvalue weighted by atomic mass is 10.4. The Balaban J connectivity index is 4.11. The largest absolute Gasteiger partial charge is 0.390 e. The van der Waals surface area contributed by atoms with Crippen molar-refractivity contribution in [2.24, 2.45) is 4.99 Å². The molecule has 0 fully saturated rings. The first-order chi connectivity index (χ1) is 8.89. The monoisotopic (exact) mass is 282 g/mol. The highest BCUT2D eigenvalue weighted by atomic mass is 19.4. The van der Waals surface area contributed by atoms with Crippen LogP contribution in [0.4, 0.5) is 13.2 Å². The maximum absolute atomic E-state index is 12.0. The number of nitrogens with zero attached hydrogens (tertiary/aromatic N) is 1. The minimum absolute atomic E-state index is 0.110. The van der Waals surface area contributed by atoms with Crippen LogP contribution in [-0.2, 0) is 4.79 Å². The van der Waals surface area contributed by atoms with Gasteiger partial charge in [-0.25, -0.2) is 4.99 Å². The lowest BCUT2D eigenvalue weighted by molar-refractivity contribution is -0.132. The van der Waals surface area contributed by atoms with Gasteiger partial charge < -0.3 is 16.0 Å². The van der Waals surface area contributed by atoms with E-state index < -0.39 is 12.6 Å². The molecule has 0 rings (SSSR count). The Bertz CT molecular complexity index is 292. The second kappa shape index (κ2) is 9.46. The van der Waals surface area contributed by atoms with E-state index in [0.717, 1.165) is 6.42 Å². The van der Waals surface area contributed by atoms with E-state index in [2.05, 4.69) is 20.9 Å². The highest BCUT2D eigenvalue weighted by Crippen LogP contribution is 2.17. The molecule has 0 aliphatic heterocycles. The standard InChI is InChI=1S/C11H21F3N4O/c1-3-6-16-9(19)8-18-10(15-4-2)17-7-5-11(12,13)14/h3-8H2,1-2H3,(H,16,19)(H2,15,17,18). The molecule has 0 aromatic heterocycles. The molecule has 0 aliphatic rings. The van der Waals surface area contributed by atoms with Crippen LogP contribution in [0, 0.1) is 0 Å². The van der Waals surface area contributed by atoms with Gasteiger partial charge in [-0.1, -0.05) is 6.92 Å². The molecule has 0 unspecified atom stereocenters. The Labute approximate surface area is 111 Å². The molecule has 0 saturated heterocycles. The van der Waals surface area contributed by atoms with Crippen molar-refractivity contribution in [3.63, 3.8) is 0 Å². The van der Waals surface area contributed by atoms with E-state index in [1.807, 2.05) is 6.92 Å². The van der Waals surface area contributed by atoms with Crippen LogP contribution in [0.2, 0.25) is 0 Å². The quantitative estimate of drug-likeness (QED) is 0.482. The number of carbonyl (C=O) groups excluding carboxylic acids is 1. The summed E-state index contributed by atoms with van der Waals surface area (Å²) in [5.74, 6) is -0.0479. The third-order valence-electron chi connectivity index (χ3n) is 2.00. The number of alkyl halides is 3. The molecule has 8 heteroatoms. The summed E-state index contributed by atoms with van der Waals surface area (Å²) in [4.78, 5) is 15.2. The number of nitrogens with one attached hydrogen (secondary N) is 3. The molecule has 1 amide bonds. The Kier molecular flexibility index (Phi) is 8.73. The van der Waals surface area contributed by atoms with Gasteiger partial charge in [0.25, 0.3) is 0 Å². The number of carbonyl (C=O) groups is 1. The van der Waals surface area contributed by atoms with Crippen molar-refractivity contribution in [3.05, 3.63) is 0 Å². The maximum Gasteiger partial charge on any atom is 0.390 e. The highest BCUT2D eigenvalue weighted by Gasteiger charge is 2.26. The molecule has 0 heterocycles. The predicted octanol–water partition coefficient (Wildman–Crippen LogP) is 1.02. The number of guanidine groups is 1. The van der Waals surface area contributed by atoms with E-state index in [1.54, 1.807) is 6.92 Å². The molecule has 5 nitrogen and oxygen atoms in total. The molecule has 3 N–H and O–H groups in total. The van der Waals surface area contributed by atoms with Gasteiger partial charge in [0.05, 0.1) is 6.42 Å². The molecule has 0 aromatic rings. The maximum atomic E-state index is 12.0. The van der Waals surface area contributed by atoms with Crippen molar-refractivity contribution in [3.8, 4) is 0 Å². The summed E-state index contributed by atoms with van der Waals surface area (Å²) in [6.07, 6.45) is -4.33. The molecule has 19 heavy (non-hydrogen) atoms. The van der Waals surface area contributed by atoms with E-state index in [4.69, 9.17) is 0 Å². The Morgan fingerprint density at radius 2 is 1.79 bits per heavy atom. The summed E-state index contributed by atoms with van der Waals surface area (Å²) >= 11 is 0. The van der Waals surface area contributed by atoms with Crippen molar-refractivity contribution < 1.29 is 18.0 Å². The Morgan fingerprint density at radius 3 is 2.32 bits per heavy atom. The molecule has 0 atom stereocenters. The van der Waals surface area contributed by atoms with Gasteiger partial charge >= 0.3 is 6.18 Å². The van der Waals surface area contributed by atoms with Gasteiger partial charge in [-0.15, -0.1) is 0 Å². The molecular formula is C11H21F3N4O. The van der Waals surface area contributed by atoms with Gasteiger partial charge in [-0.2, -0.15) is 13.2 Å². The van der Waals surface area contributed by atoms with Crippen LogP contribution in [0.5, 0.6) is 0 Å². The van der Waals surface area contributed by atoms with Crippen LogP contribution in [-0.4, -0.2) is 44.2 Å². The van der Waals surface area contributed by atoms with E-state index in [9.17, 15) is 18.0 Å². The van der Waals surface area contributed by atoms with Crippen molar-refractivity contribution in [1.29, 1.82) is 0 Å². The van der Waals surface area contributed by atoms with Gasteiger partial charge in [0.15, 0.2) is 5.96 Å². The van der Waals surface area contributed by atoms with Gasteiger partial charge in [0.2, 0.25) is 5.91 Å². The highest BCUT2D eigenvalue weighted by molar-refractivity contribution is 5.84. The van der Waals surface area contributed by atoms with Crippen molar-refractivity contribution in [1.82, 2.24) is 16.0 Å². The average Bonchev–Trinajstić information content (AvgIpc) is 2.31. The molecule has 0 radical (unpaired) electrons. The number of hydrogen-bond acceptors (Lipinski definition) is 2. The van der Waals surface area contributed by atoms with Gasteiger partial charge in [0, 0.05) is 19.6 Å². The third kappa shape index (κ3) is 11.4. The van der Waals surface area contributed by atoms with Gasteiger partial charge in [-0.3, -0.25) is 4.79 Å². The summed E-state index contributed by atoms with van der Waals surface area (Å²) in [7, 11) is 0. The second-order valence-electron chi connectivity index (χ2n) is 3.84. The molecule has 0 spiro atoms. The third-order valence-corrected chi connectivity index (χ3v) is 2.00. The number of amides is 1. The van der Waals surface area contributed by atoms with Crippen LogP contribution in [0.3, 0.4) is 0 Å². The fraction of sp³-hybridized carbons (Fsp3) is 0.818. The summed E-state index contributed by atoms with van der Waals surface area (Å²) < 4.78 is 35.9. The zero-order chi connectivity index (χ0) is 14.7. The SMILES string of the molecule is CCCNC(=O)CN=C(NCC)NCCC(F)(F)F. The smallest absolute Gasteiger partial charge is 0.357 e. The first-order valence-electron chi connectivity index (χ1n) is 6.24. The Hall–Kier alpha value is -1.47. The van der Waals surface area contributed by atoms with Crippen molar-refractivity contribution >= 4 is 11.9 Å². The lowest BCUT2D eigenvalue weighted by Gasteiger charge is -2.12. The topological polar surface area (TPSA) is 65.5 Å². The molecule has 0 aliphatic carbocycles. The molecule has 0 bridgehead atoms. The van der Waals surface area contributed by atoms with Crippen LogP contribution in [0.15, 0.2) is 4.99 Å². The van der Waals surface area contributed by atoms with Crippen LogP contribution in [0.1, 0.15) is 26.7 Å². The summed E-state index contributed by atoms with van der Waals surface area (Å²) in [6, 6.07) is 0. The fourth-order valence-electron chi connectivity index (χ4n) is 1.14. The van der Waals surface area contributed by atoms with Crippen LogP contribution < -0.4 is 16.0 Å². The lowest BCUT2D eigenvalue weighted by Crippen LogP contribution is -2.40. The van der Waals surface area contributed by atoms with Crippen molar-refractivity contribution in [2.75, 3.05) is 26.2 Å². The van der Waals surface area contributed by atoms with E-state index in [0.29, 0.717) is 13.1 Å². The number of halogens is 3. The number of aliphatic imine (C=N–C) groups is 1. The minimum atomic E-state index is -4.21. The summed E-state index contributed by atoms with van der Waals surface area (Å²) in [5.41, 5.74) is 0. The summed E-state index contributed by atoms with van der Waals surface area (Å²) in [6.45, 7) is 4.40. The van der Waals surface area contributed by atoms with E-state index in [-0.39, 0.29) is 25.0 Å². The zero-order valence-electron chi connectivity index (χ0n) is 11.2. The zero-order valence-corrected chi connectivity index (χ0v) is 11.2. The van der Waals surface area contributed by atoms with Crippen molar-refractivity contribution in [2.45, 2.75) is 32.9 Å². The molecule has 0 aromatic carbocycles. The minimum Gasteiger partial charge on any atom is -0.357 e. The molecule has 0 saturated carbocycles. The average molecular weight is 282 g/mol. The number of rotatable bonds is 7. The van der Waals surface area contributed by atoms with Gasteiger partial charge in [-0.05, 0) is 13.3 Å². The fourth-order valence-corrected chi connectivity index (χ4v) is 1.14. The first kappa shape index (κ1) is 17.5. The second-order valence-corrected chi connectivity index (χ2v) is 3.84. The van der Waals surface area contributed by atoms with E-state index >= 15 is 0 Å².